The van der Waals surface area contributed by atoms with Crippen LogP contribution in [0.1, 0.15) is 16.2 Å². The van der Waals surface area contributed by atoms with E-state index in [1.807, 2.05) is 24.4 Å². The van der Waals surface area contributed by atoms with Crippen LogP contribution < -0.4 is 5.32 Å². The summed E-state index contributed by atoms with van der Waals surface area (Å²) in [5, 5.41) is 4.26. The Balaban J connectivity index is 1.87. The molecule has 1 aromatic carbocycles. The molecule has 0 radical (unpaired) electrons. The highest BCUT2D eigenvalue weighted by molar-refractivity contribution is 7.09. The molecule has 18 heavy (non-hydrogen) atoms. The van der Waals surface area contributed by atoms with Crippen molar-refractivity contribution in [1.82, 2.24) is 14.3 Å². The summed E-state index contributed by atoms with van der Waals surface area (Å²) in [6, 6.07) is 7.44. The number of carbonyl (C=O) groups excluding carboxylic acids is 1. The van der Waals surface area contributed by atoms with Gasteiger partial charge in [0.15, 0.2) is 0 Å². The normalized spacial score (nSPS) is 10.7. The van der Waals surface area contributed by atoms with E-state index in [4.69, 9.17) is 0 Å². The number of aromatic nitrogens is 3. The Bertz CT molecular complexity index is 716. The highest BCUT2D eigenvalue weighted by Gasteiger charge is 2.09. The summed E-state index contributed by atoms with van der Waals surface area (Å²) in [5.41, 5.74) is 1.62. The Morgan fingerprint density at radius 3 is 3.06 bits per heavy atom. The lowest BCUT2D eigenvalue weighted by Gasteiger charge is -2.01. The molecule has 90 valence electrons. The van der Waals surface area contributed by atoms with Gasteiger partial charge in [-0.2, -0.15) is 4.37 Å². The second kappa shape index (κ2) is 4.23. The van der Waals surface area contributed by atoms with Gasteiger partial charge in [-0.1, -0.05) is 0 Å². The largest absolute Gasteiger partial charge is 0.361 e. The van der Waals surface area contributed by atoms with E-state index < -0.39 is 0 Å². The van der Waals surface area contributed by atoms with Crippen LogP contribution in [0, 0.1) is 6.92 Å². The number of amides is 1. The van der Waals surface area contributed by atoms with Gasteiger partial charge in [0, 0.05) is 34.2 Å². The smallest absolute Gasteiger partial charge is 0.257 e. The first-order valence-corrected chi connectivity index (χ1v) is 6.18. The number of nitrogens with one attached hydrogen (secondary N) is 2. The number of benzene rings is 1. The molecule has 6 heteroatoms. The van der Waals surface area contributed by atoms with Crippen molar-refractivity contribution in [2.45, 2.75) is 6.92 Å². The van der Waals surface area contributed by atoms with Crippen LogP contribution >= 0.6 is 11.5 Å². The summed E-state index contributed by atoms with van der Waals surface area (Å²) >= 11 is 1.18. The molecule has 0 unspecified atom stereocenters. The fraction of sp³-hybridized carbons (Fsp3) is 0.0833. The van der Waals surface area contributed by atoms with Gasteiger partial charge in [0.05, 0.1) is 0 Å². The van der Waals surface area contributed by atoms with Crippen LogP contribution in [0.4, 0.5) is 5.13 Å². The van der Waals surface area contributed by atoms with E-state index in [0.29, 0.717) is 16.5 Å². The molecular formula is C12H10N4OS. The summed E-state index contributed by atoms with van der Waals surface area (Å²) < 4.78 is 4.02. The number of anilines is 1. The molecule has 0 saturated carbocycles. The molecule has 2 aromatic heterocycles. The molecule has 0 saturated heterocycles. The van der Waals surface area contributed by atoms with Gasteiger partial charge < -0.3 is 4.98 Å². The Hall–Kier alpha value is -2.21. The third-order valence-corrected chi connectivity index (χ3v) is 3.29. The molecule has 0 spiro atoms. The zero-order valence-electron chi connectivity index (χ0n) is 9.60. The molecule has 0 aliphatic rings. The van der Waals surface area contributed by atoms with Crippen LogP contribution in [0.5, 0.6) is 0 Å². The number of hydrogen-bond acceptors (Lipinski definition) is 4. The SMILES string of the molecule is Cc1nsc(NC(=O)c2ccc3[nH]ccc3c2)n1. The lowest BCUT2D eigenvalue weighted by atomic mass is 10.1. The van der Waals surface area contributed by atoms with Gasteiger partial charge in [-0.15, -0.1) is 0 Å². The zero-order valence-corrected chi connectivity index (χ0v) is 10.4. The van der Waals surface area contributed by atoms with E-state index in [1.54, 1.807) is 13.0 Å². The van der Waals surface area contributed by atoms with Crippen molar-refractivity contribution in [3.63, 3.8) is 0 Å². The van der Waals surface area contributed by atoms with Gasteiger partial charge in [-0.25, -0.2) is 4.98 Å². The summed E-state index contributed by atoms with van der Waals surface area (Å²) in [5.74, 6) is 0.491. The number of aromatic amines is 1. The predicted molar refractivity (Wildman–Crippen MR) is 70.9 cm³/mol. The number of carbonyl (C=O) groups is 1. The average molecular weight is 258 g/mol. The monoisotopic (exact) mass is 258 g/mol. The zero-order chi connectivity index (χ0) is 12.5. The standard InChI is InChI=1S/C12H10N4OS/c1-7-14-12(18-16-7)15-11(17)9-2-3-10-8(6-9)4-5-13-10/h2-6,13H,1H3,(H,14,15,16,17). The minimum absolute atomic E-state index is 0.172. The summed E-state index contributed by atoms with van der Waals surface area (Å²) in [4.78, 5) is 19.2. The lowest BCUT2D eigenvalue weighted by molar-refractivity contribution is 0.102. The fourth-order valence-electron chi connectivity index (χ4n) is 1.71. The Morgan fingerprint density at radius 2 is 2.28 bits per heavy atom. The van der Waals surface area contributed by atoms with Crippen molar-refractivity contribution in [3.05, 3.63) is 41.9 Å². The topological polar surface area (TPSA) is 70.7 Å². The molecule has 3 aromatic rings. The molecule has 2 N–H and O–H groups in total. The molecule has 1 amide bonds. The van der Waals surface area contributed by atoms with Crippen LogP contribution in [0.3, 0.4) is 0 Å². The fourth-order valence-corrected chi connectivity index (χ4v) is 2.28. The Labute approximate surface area is 107 Å². The second-order valence-electron chi connectivity index (χ2n) is 3.88. The number of nitrogens with zero attached hydrogens (tertiary/aromatic N) is 2. The molecule has 0 aliphatic heterocycles. The van der Waals surface area contributed by atoms with Crippen molar-refractivity contribution < 1.29 is 4.79 Å². The summed E-state index contributed by atoms with van der Waals surface area (Å²) in [7, 11) is 0. The van der Waals surface area contributed by atoms with Gasteiger partial charge in [0.2, 0.25) is 5.13 Å². The molecule has 0 atom stereocenters. The van der Waals surface area contributed by atoms with Gasteiger partial charge in [0.25, 0.3) is 5.91 Å². The third-order valence-electron chi connectivity index (χ3n) is 2.56. The van der Waals surface area contributed by atoms with E-state index >= 15 is 0 Å². The van der Waals surface area contributed by atoms with Gasteiger partial charge in [-0.05, 0) is 31.2 Å². The molecule has 0 fully saturated rings. The van der Waals surface area contributed by atoms with Gasteiger partial charge >= 0.3 is 0 Å². The first-order chi connectivity index (χ1) is 8.72. The van der Waals surface area contributed by atoms with E-state index in [1.165, 1.54) is 11.5 Å². The lowest BCUT2D eigenvalue weighted by Crippen LogP contribution is -2.11. The van der Waals surface area contributed by atoms with E-state index in [0.717, 1.165) is 10.9 Å². The molecule has 0 bridgehead atoms. The molecule has 3 rings (SSSR count). The van der Waals surface area contributed by atoms with Crippen molar-refractivity contribution in [2.75, 3.05) is 5.32 Å². The van der Waals surface area contributed by atoms with Crippen LogP contribution in [-0.4, -0.2) is 20.2 Å². The van der Waals surface area contributed by atoms with Crippen LogP contribution in [0.15, 0.2) is 30.5 Å². The quantitative estimate of drug-likeness (QED) is 0.742. The van der Waals surface area contributed by atoms with Crippen molar-refractivity contribution >= 4 is 33.5 Å². The first-order valence-electron chi connectivity index (χ1n) is 5.41. The van der Waals surface area contributed by atoms with E-state index in [-0.39, 0.29) is 5.91 Å². The predicted octanol–water partition coefficient (Wildman–Crippen LogP) is 2.58. The maximum atomic E-state index is 12.0. The maximum Gasteiger partial charge on any atom is 0.257 e. The molecule has 2 heterocycles. The third kappa shape index (κ3) is 1.98. The number of H-pyrrole nitrogens is 1. The van der Waals surface area contributed by atoms with Crippen LogP contribution in [0.25, 0.3) is 10.9 Å². The molecule has 5 nitrogen and oxygen atoms in total. The van der Waals surface area contributed by atoms with Crippen LogP contribution in [0.2, 0.25) is 0 Å². The average Bonchev–Trinajstić information content (AvgIpc) is 2.96. The highest BCUT2D eigenvalue weighted by Crippen LogP contribution is 2.16. The van der Waals surface area contributed by atoms with Crippen LogP contribution in [-0.2, 0) is 0 Å². The Morgan fingerprint density at radius 1 is 1.39 bits per heavy atom. The highest BCUT2D eigenvalue weighted by atomic mass is 32.1. The molecule has 0 aliphatic carbocycles. The number of rotatable bonds is 2. The minimum Gasteiger partial charge on any atom is -0.361 e. The maximum absolute atomic E-state index is 12.0. The number of fused-ring (bicyclic) bond motifs is 1. The minimum atomic E-state index is -0.172. The number of aryl methyl sites for hydroxylation is 1. The van der Waals surface area contributed by atoms with E-state index in [2.05, 4.69) is 19.7 Å². The van der Waals surface area contributed by atoms with Crippen molar-refractivity contribution in [3.8, 4) is 0 Å². The van der Waals surface area contributed by atoms with E-state index in [9.17, 15) is 4.79 Å². The summed E-state index contributed by atoms with van der Waals surface area (Å²) in [6.07, 6.45) is 1.85. The second-order valence-corrected chi connectivity index (χ2v) is 4.63. The van der Waals surface area contributed by atoms with Crippen molar-refractivity contribution in [1.29, 1.82) is 0 Å². The molecular weight excluding hydrogens is 248 g/mol. The number of hydrogen-bond donors (Lipinski definition) is 2. The van der Waals surface area contributed by atoms with Gasteiger partial charge in [0.1, 0.15) is 5.82 Å². The Kier molecular flexibility index (Phi) is 2.56. The first kappa shape index (κ1) is 10.9. The van der Waals surface area contributed by atoms with Gasteiger partial charge in [-0.3, -0.25) is 10.1 Å². The van der Waals surface area contributed by atoms with Crippen molar-refractivity contribution in [2.24, 2.45) is 0 Å². The summed E-state index contributed by atoms with van der Waals surface area (Å²) in [6.45, 7) is 1.79.